The first-order valence-corrected chi connectivity index (χ1v) is 8.36. The molecule has 1 amide bonds. The molecule has 4 nitrogen and oxygen atoms in total. The number of carbonyl (C=O) groups is 1. The highest BCUT2D eigenvalue weighted by molar-refractivity contribution is 6.31. The van der Waals surface area contributed by atoms with Crippen molar-refractivity contribution in [1.82, 2.24) is 10.3 Å². The van der Waals surface area contributed by atoms with Gasteiger partial charge in [0, 0.05) is 28.4 Å². The Bertz CT molecular complexity index is 838. The average molecular weight is 347 g/mol. The molecule has 0 aliphatic carbocycles. The number of amides is 1. The molecule has 0 fully saturated rings. The molecule has 0 aliphatic rings. The molecule has 0 saturated carbocycles. The van der Waals surface area contributed by atoms with Gasteiger partial charge in [-0.25, -0.2) is 0 Å². The first-order chi connectivity index (χ1) is 11.2. The molecule has 0 unspecified atom stereocenters. The van der Waals surface area contributed by atoms with E-state index in [0.29, 0.717) is 16.1 Å². The zero-order valence-electron chi connectivity index (χ0n) is 14.7. The smallest absolute Gasteiger partial charge is 0.253 e. The van der Waals surface area contributed by atoms with E-state index in [2.05, 4.69) is 10.3 Å². The van der Waals surface area contributed by atoms with Gasteiger partial charge in [-0.2, -0.15) is 0 Å². The van der Waals surface area contributed by atoms with E-state index in [1.54, 1.807) is 6.07 Å². The van der Waals surface area contributed by atoms with Crippen LogP contribution in [0.25, 0.3) is 0 Å². The van der Waals surface area contributed by atoms with Crippen LogP contribution in [0.4, 0.5) is 0 Å². The summed E-state index contributed by atoms with van der Waals surface area (Å²) < 4.78 is 0. The van der Waals surface area contributed by atoms with Crippen molar-refractivity contribution in [2.24, 2.45) is 0 Å². The summed E-state index contributed by atoms with van der Waals surface area (Å²) in [5, 5.41) is 3.38. The topological polar surface area (TPSA) is 62.0 Å². The lowest BCUT2D eigenvalue weighted by Crippen LogP contribution is -2.29. The molecule has 0 atom stereocenters. The Morgan fingerprint density at radius 1 is 1.21 bits per heavy atom. The van der Waals surface area contributed by atoms with E-state index in [-0.39, 0.29) is 23.9 Å². The molecule has 1 aromatic carbocycles. The minimum Gasteiger partial charge on any atom is -0.348 e. The summed E-state index contributed by atoms with van der Waals surface area (Å²) in [7, 11) is 0. The number of hydrogen-bond donors (Lipinski definition) is 2. The monoisotopic (exact) mass is 346 g/mol. The van der Waals surface area contributed by atoms with Gasteiger partial charge in [0.2, 0.25) is 0 Å². The minimum absolute atomic E-state index is 0.155. The van der Waals surface area contributed by atoms with Gasteiger partial charge in [0.25, 0.3) is 11.5 Å². The maximum atomic E-state index is 12.5. The van der Waals surface area contributed by atoms with Crippen molar-refractivity contribution in [1.29, 1.82) is 0 Å². The highest BCUT2D eigenvalue weighted by atomic mass is 35.5. The molecule has 128 valence electrons. The molecular weight excluding hydrogens is 324 g/mol. The number of halogens is 1. The quantitative estimate of drug-likeness (QED) is 0.878. The second-order valence-electron chi connectivity index (χ2n) is 6.45. The summed E-state index contributed by atoms with van der Waals surface area (Å²) in [5.74, 6) is -0.0270. The van der Waals surface area contributed by atoms with Crippen LogP contribution in [0.15, 0.2) is 23.0 Å². The molecule has 2 N–H and O–H groups in total. The fourth-order valence-electron chi connectivity index (χ4n) is 2.75. The van der Waals surface area contributed by atoms with E-state index in [0.717, 1.165) is 22.4 Å². The standard InChI is InChI=1S/C19H23ClN2O2/c1-10(2)15-7-12(4)22-19(24)17(15)9-21-18(23)16-8-14(20)6-11(3)13(16)5/h6-8,10H,9H2,1-5H3,(H,21,23)(H,22,24). The number of aromatic amines is 1. The summed E-state index contributed by atoms with van der Waals surface area (Å²) in [5.41, 5.74) is 4.60. The van der Waals surface area contributed by atoms with Gasteiger partial charge in [-0.05, 0) is 61.6 Å². The first kappa shape index (κ1) is 18.3. The van der Waals surface area contributed by atoms with Crippen molar-refractivity contribution in [3.8, 4) is 0 Å². The number of benzene rings is 1. The number of aromatic nitrogens is 1. The Labute approximate surface area is 147 Å². The summed E-state index contributed by atoms with van der Waals surface area (Å²) in [4.78, 5) is 27.6. The average Bonchev–Trinajstić information content (AvgIpc) is 2.48. The van der Waals surface area contributed by atoms with Gasteiger partial charge < -0.3 is 10.3 Å². The summed E-state index contributed by atoms with van der Waals surface area (Å²) >= 11 is 6.06. The van der Waals surface area contributed by atoms with Crippen molar-refractivity contribution in [2.75, 3.05) is 0 Å². The molecule has 1 aromatic heterocycles. The van der Waals surface area contributed by atoms with E-state index >= 15 is 0 Å². The van der Waals surface area contributed by atoms with Crippen LogP contribution in [0.3, 0.4) is 0 Å². The van der Waals surface area contributed by atoms with Crippen LogP contribution >= 0.6 is 11.6 Å². The number of H-pyrrole nitrogens is 1. The van der Waals surface area contributed by atoms with E-state index in [4.69, 9.17) is 11.6 Å². The Kier molecular flexibility index (Phi) is 5.50. The number of rotatable bonds is 4. The molecule has 2 aromatic rings. The Hall–Kier alpha value is -2.07. The second-order valence-corrected chi connectivity index (χ2v) is 6.88. The van der Waals surface area contributed by atoms with E-state index < -0.39 is 0 Å². The first-order valence-electron chi connectivity index (χ1n) is 7.98. The number of carbonyl (C=O) groups excluding carboxylic acids is 1. The normalized spacial score (nSPS) is 11.0. The Morgan fingerprint density at radius 3 is 2.50 bits per heavy atom. The fraction of sp³-hybridized carbons (Fsp3) is 0.368. The number of hydrogen-bond acceptors (Lipinski definition) is 2. The van der Waals surface area contributed by atoms with Gasteiger partial charge in [-0.15, -0.1) is 0 Å². The SMILES string of the molecule is Cc1cc(C(C)C)c(CNC(=O)c2cc(Cl)cc(C)c2C)c(=O)[nH]1. The highest BCUT2D eigenvalue weighted by Crippen LogP contribution is 2.21. The molecule has 0 bridgehead atoms. The zero-order chi connectivity index (χ0) is 18.0. The summed E-state index contributed by atoms with van der Waals surface area (Å²) in [6.07, 6.45) is 0. The summed E-state index contributed by atoms with van der Waals surface area (Å²) in [6, 6.07) is 5.44. The maximum absolute atomic E-state index is 12.5. The molecular formula is C19H23ClN2O2. The van der Waals surface area contributed by atoms with Crippen molar-refractivity contribution < 1.29 is 4.79 Å². The lowest BCUT2D eigenvalue weighted by atomic mass is 9.97. The molecule has 0 saturated heterocycles. The number of aryl methyl sites for hydroxylation is 2. The molecule has 2 rings (SSSR count). The van der Waals surface area contributed by atoms with Crippen LogP contribution in [0.2, 0.25) is 5.02 Å². The third-order valence-electron chi connectivity index (χ3n) is 4.23. The van der Waals surface area contributed by atoms with Crippen LogP contribution in [0.5, 0.6) is 0 Å². The van der Waals surface area contributed by atoms with Gasteiger partial charge in [-0.3, -0.25) is 9.59 Å². The van der Waals surface area contributed by atoms with Crippen molar-refractivity contribution in [3.05, 3.63) is 67.1 Å². The van der Waals surface area contributed by atoms with E-state index in [1.165, 1.54) is 0 Å². The van der Waals surface area contributed by atoms with Crippen molar-refractivity contribution in [2.45, 2.75) is 47.1 Å². The third kappa shape index (κ3) is 3.88. The Morgan fingerprint density at radius 2 is 1.88 bits per heavy atom. The predicted octanol–water partition coefficient (Wildman–Crippen LogP) is 4.01. The van der Waals surface area contributed by atoms with Crippen LogP contribution in [0.1, 0.15) is 58.1 Å². The number of pyridine rings is 1. The predicted molar refractivity (Wildman–Crippen MR) is 98.0 cm³/mol. The highest BCUT2D eigenvalue weighted by Gasteiger charge is 2.15. The maximum Gasteiger partial charge on any atom is 0.253 e. The molecule has 0 radical (unpaired) electrons. The second kappa shape index (κ2) is 7.22. The minimum atomic E-state index is -0.229. The van der Waals surface area contributed by atoms with Gasteiger partial charge in [-0.1, -0.05) is 25.4 Å². The molecule has 1 heterocycles. The lowest BCUT2D eigenvalue weighted by Gasteiger charge is -2.15. The fourth-order valence-corrected chi connectivity index (χ4v) is 3.03. The number of nitrogens with one attached hydrogen (secondary N) is 2. The van der Waals surface area contributed by atoms with Crippen LogP contribution in [-0.2, 0) is 6.54 Å². The molecule has 0 spiro atoms. The van der Waals surface area contributed by atoms with Gasteiger partial charge >= 0.3 is 0 Å². The van der Waals surface area contributed by atoms with E-state index in [1.807, 2.05) is 46.8 Å². The third-order valence-corrected chi connectivity index (χ3v) is 4.45. The molecule has 0 aliphatic heterocycles. The summed E-state index contributed by atoms with van der Waals surface area (Å²) in [6.45, 7) is 9.91. The van der Waals surface area contributed by atoms with Gasteiger partial charge in [0.15, 0.2) is 0 Å². The van der Waals surface area contributed by atoms with Gasteiger partial charge in [0.1, 0.15) is 0 Å². The molecule has 24 heavy (non-hydrogen) atoms. The zero-order valence-corrected chi connectivity index (χ0v) is 15.5. The lowest BCUT2D eigenvalue weighted by molar-refractivity contribution is 0.0950. The largest absolute Gasteiger partial charge is 0.348 e. The van der Waals surface area contributed by atoms with Crippen LogP contribution in [0, 0.1) is 20.8 Å². The van der Waals surface area contributed by atoms with Gasteiger partial charge in [0.05, 0.1) is 0 Å². The Balaban J connectivity index is 2.29. The van der Waals surface area contributed by atoms with Crippen LogP contribution in [-0.4, -0.2) is 10.9 Å². The van der Waals surface area contributed by atoms with Crippen molar-refractivity contribution in [3.63, 3.8) is 0 Å². The van der Waals surface area contributed by atoms with Crippen molar-refractivity contribution >= 4 is 17.5 Å². The van der Waals surface area contributed by atoms with E-state index in [9.17, 15) is 9.59 Å². The molecule has 5 heteroatoms. The van der Waals surface area contributed by atoms with Crippen LogP contribution < -0.4 is 10.9 Å².